The molecule has 0 spiro atoms. The first kappa shape index (κ1) is 16.5. The molecule has 0 aliphatic carbocycles. The van der Waals surface area contributed by atoms with Crippen molar-refractivity contribution in [3.8, 4) is 11.5 Å². The van der Waals surface area contributed by atoms with Crippen LogP contribution in [0.2, 0.25) is 0 Å². The fraction of sp³-hybridized carbons (Fsp3) is 0.625. The van der Waals surface area contributed by atoms with Gasteiger partial charge in [0.15, 0.2) is 11.5 Å². The predicted molar refractivity (Wildman–Crippen MR) is 87.5 cm³/mol. The Bertz CT molecular complexity index is 641. The van der Waals surface area contributed by atoms with E-state index in [4.69, 9.17) is 9.47 Å². The van der Waals surface area contributed by atoms with Crippen LogP contribution < -0.4 is 14.2 Å². The van der Waals surface area contributed by atoms with E-state index in [1.165, 1.54) is 18.9 Å². The Morgan fingerprint density at radius 3 is 2.57 bits per heavy atom. The summed E-state index contributed by atoms with van der Waals surface area (Å²) in [5.74, 6) is 1.09. The van der Waals surface area contributed by atoms with Gasteiger partial charge in [-0.2, -0.15) is 0 Å². The molecule has 0 unspecified atom stereocenters. The lowest BCUT2D eigenvalue weighted by molar-refractivity contribution is 0.171. The predicted octanol–water partition coefficient (Wildman–Crippen LogP) is 1.61. The van der Waals surface area contributed by atoms with E-state index in [1.807, 2.05) is 0 Å². The molecule has 128 valence electrons. The van der Waals surface area contributed by atoms with Gasteiger partial charge in [0.1, 0.15) is 13.2 Å². The van der Waals surface area contributed by atoms with Crippen LogP contribution in [0.3, 0.4) is 0 Å². The van der Waals surface area contributed by atoms with Crippen LogP contribution in [0.4, 0.5) is 0 Å². The van der Waals surface area contributed by atoms with Crippen LogP contribution in [0.1, 0.15) is 26.2 Å². The largest absolute Gasteiger partial charge is 0.486 e. The molecule has 0 bridgehead atoms. The number of nitrogens with one attached hydrogen (secondary N) is 1. The molecule has 0 radical (unpaired) electrons. The van der Waals surface area contributed by atoms with Crippen LogP contribution in [0.15, 0.2) is 23.1 Å². The average Bonchev–Trinajstić information content (AvgIpc) is 3.09. The van der Waals surface area contributed by atoms with E-state index in [2.05, 4.69) is 16.5 Å². The molecule has 2 aliphatic rings. The number of benzene rings is 1. The Kier molecular flexibility index (Phi) is 5.08. The summed E-state index contributed by atoms with van der Waals surface area (Å²) in [7, 11) is -3.54. The molecule has 2 aliphatic heterocycles. The van der Waals surface area contributed by atoms with E-state index in [9.17, 15) is 8.42 Å². The minimum Gasteiger partial charge on any atom is -0.486 e. The maximum absolute atomic E-state index is 12.5. The van der Waals surface area contributed by atoms with E-state index in [1.54, 1.807) is 12.1 Å². The van der Waals surface area contributed by atoms with Crippen LogP contribution >= 0.6 is 0 Å². The Morgan fingerprint density at radius 2 is 1.87 bits per heavy atom. The first-order valence-electron chi connectivity index (χ1n) is 8.23. The van der Waals surface area contributed by atoms with Crippen molar-refractivity contribution in [1.82, 2.24) is 9.62 Å². The number of hydrogen-bond acceptors (Lipinski definition) is 5. The smallest absolute Gasteiger partial charge is 0.240 e. The Hall–Kier alpha value is -1.31. The normalized spacial score (nSPS) is 19.7. The molecule has 23 heavy (non-hydrogen) atoms. The van der Waals surface area contributed by atoms with Crippen molar-refractivity contribution in [2.24, 2.45) is 0 Å². The molecule has 1 atom stereocenters. The summed E-state index contributed by atoms with van der Waals surface area (Å²) in [5.41, 5.74) is 0. The van der Waals surface area contributed by atoms with Crippen LogP contribution in [0, 0.1) is 0 Å². The molecule has 6 nitrogen and oxygen atoms in total. The van der Waals surface area contributed by atoms with Crippen molar-refractivity contribution in [2.75, 3.05) is 32.8 Å². The summed E-state index contributed by atoms with van der Waals surface area (Å²) in [4.78, 5) is 2.59. The highest BCUT2D eigenvalue weighted by atomic mass is 32.2. The minimum absolute atomic E-state index is 0.220. The second-order valence-electron chi connectivity index (χ2n) is 5.96. The van der Waals surface area contributed by atoms with Crippen molar-refractivity contribution >= 4 is 10.0 Å². The Morgan fingerprint density at radius 1 is 1.17 bits per heavy atom. The van der Waals surface area contributed by atoms with Gasteiger partial charge in [-0.05, 0) is 44.5 Å². The minimum atomic E-state index is -3.54. The summed E-state index contributed by atoms with van der Waals surface area (Å²) in [6.45, 7) is 5.59. The van der Waals surface area contributed by atoms with Gasteiger partial charge in [0.2, 0.25) is 10.0 Å². The zero-order valence-electron chi connectivity index (χ0n) is 13.5. The molecule has 1 fully saturated rings. The number of sulfonamides is 1. The highest BCUT2D eigenvalue weighted by Crippen LogP contribution is 2.32. The molecule has 1 N–H and O–H groups in total. The molecule has 2 heterocycles. The maximum atomic E-state index is 12.5. The lowest BCUT2D eigenvalue weighted by Crippen LogP contribution is -2.42. The molecule has 1 aromatic rings. The maximum Gasteiger partial charge on any atom is 0.240 e. The summed E-state index contributed by atoms with van der Waals surface area (Å²) >= 11 is 0. The van der Waals surface area contributed by atoms with Crippen molar-refractivity contribution in [3.05, 3.63) is 18.2 Å². The van der Waals surface area contributed by atoms with Gasteiger partial charge in [0, 0.05) is 18.7 Å². The van der Waals surface area contributed by atoms with Crippen LogP contribution in [-0.4, -0.2) is 52.2 Å². The van der Waals surface area contributed by atoms with Gasteiger partial charge in [0.05, 0.1) is 4.90 Å². The van der Waals surface area contributed by atoms with Gasteiger partial charge in [-0.3, -0.25) is 4.90 Å². The third-order valence-electron chi connectivity index (χ3n) is 4.46. The lowest BCUT2D eigenvalue weighted by atomic mass is 10.2. The second-order valence-corrected chi connectivity index (χ2v) is 7.73. The number of fused-ring (bicyclic) bond motifs is 1. The van der Waals surface area contributed by atoms with Crippen molar-refractivity contribution in [2.45, 2.75) is 37.1 Å². The van der Waals surface area contributed by atoms with E-state index >= 15 is 0 Å². The zero-order chi connectivity index (χ0) is 16.3. The van der Waals surface area contributed by atoms with Crippen molar-refractivity contribution in [1.29, 1.82) is 0 Å². The summed E-state index contributed by atoms with van der Waals surface area (Å²) in [5, 5.41) is 0. The van der Waals surface area contributed by atoms with Gasteiger partial charge in [-0.1, -0.05) is 6.92 Å². The van der Waals surface area contributed by atoms with E-state index in [0.717, 1.165) is 19.5 Å². The van der Waals surface area contributed by atoms with Gasteiger partial charge in [0.25, 0.3) is 0 Å². The quantitative estimate of drug-likeness (QED) is 0.852. The topological polar surface area (TPSA) is 67.9 Å². The first-order chi connectivity index (χ1) is 11.1. The molecule has 0 amide bonds. The summed E-state index contributed by atoms with van der Waals surface area (Å²) < 4.78 is 38.7. The third-order valence-corrected chi connectivity index (χ3v) is 5.88. The molecule has 7 heteroatoms. The number of ether oxygens (including phenoxy) is 2. The summed E-state index contributed by atoms with van der Waals surface area (Å²) in [6.07, 6.45) is 3.33. The van der Waals surface area contributed by atoms with Gasteiger partial charge < -0.3 is 9.47 Å². The van der Waals surface area contributed by atoms with Crippen molar-refractivity contribution in [3.63, 3.8) is 0 Å². The second kappa shape index (κ2) is 7.07. The molecular weight excluding hydrogens is 316 g/mol. The van der Waals surface area contributed by atoms with E-state index in [0.29, 0.717) is 31.3 Å². The fourth-order valence-electron chi connectivity index (χ4n) is 3.12. The molecule has 0 aromatic heterocycles. The standard InChI is InChI=1S/C16H24N2O4S/c1-2-13(18-7-3-4-8-18)12-17-23(19,20)14-5-6-15-16(11-14)22-10-9-21-15/h5-6,11,13,17H,2-4,7-10,12H2,1H3/t13-/m0/s1. The summed E-state index contributed by atoms with van der Waals surface area (Å²) in [6, 6.07) is 5.01. The Labute approximate surface area is 137 Å². The van der Waals surface area contributed by atoms with Gasteiger partial charge >= 0.3 is 0 Å². The zero-order valence-corrected chi connectivity index (χ0v) is 14.3. The number of likely N-dealkylation sites (tertiary alicyclic amines) is 1. The van der Waals surface area contributed by atoms with E-state index in [-0.39, 0.29) is 10.9 Å². The van der Waals surface area contributed by atoms with Gasteiger partial charge in [-0.25, -0.2) is 13.1 Å². The molecule has 1 aromatic carbocycles. The monoisotopic (exact) mass is 340 g/mol. The van der Waals surface area contributed by atoms with E-state index < -0.39 is 10.0 Å². The fourth-order valence-corrected chi connectivity index (χ4v) is 4.21. The van der Waals surface area contributed by atoms with Crippen LogP contribution in [0.5, 0.6) is 11.5 Å². The molecule has 3 rings (SSSR count). The highest BCUT2D eigenvalue weighted by Gasteiger charge is 2.24. The molecule has 0 saturated carbocycles. The molecule has 1 saturated heterocycles. The van der Waals surface area contributed by atoms with Gasteiger partial charge in [-0.15, -0.1) is 0 Å². The number of rotatable bonds is 6. The number of hydrogen-bond donors (Lipinski definition) is 1. The Balaban J connectivity index is 1.68. The number of nitrogens with zero attached hydrogens (tertiary/aromatic N) is 1. The third kappa shape index (κ3) is 3.79. The first-order valence-corrected chi connectivity index (χ1v) is 9.72. The lowest BCUT2D eigenvalue weighted by Gasteiger charge is -2.26. The SMILES string of the molecule is CC[C@@H](CNS(=O)(=O)c1ccc2c(c1)OCCO2)N1CCCC1. The molecular formula is C16H24N2O4S. The van der Waals surface area contributed by atoms with Crippen LogP contribution in [0.25, 0.3) is 0 Å². The highest BCUT2D eigenvalue weighted by molar-refractivity contribution is 7.89. The van der Waals surface area contributed by atoms with Crippen molar-refractivity contribution < 1.29 is 17.9 Å². The average molecular weight is 340 g/mol. The van der Waals surface area contributed by atoms with Crippen LogP contribution in [-0.2, 0) is 10.0 Å².